The molecule has 8 heteroatoms. The predicted octanol–water partition coefficient (Wildman–Crippen LogP) is 4.84. The summed E-state index contributed by atoms with van der Waals surface area (Å²) in [6, 6.07) is 0. The van der Waals surface area contributed by atoms with Crippen LogP contribution in [0.2, 0.25) is 0 Å². The summed E-state index contributed by atoms with van der Waals surface area (Å²) in [6.45, 7) is 9.04. The van der Waals surface area contributed by atoms with Gasteiger partial charge in [-0.25, -0.2) is 4.79 Å². The van der Waals surface area contributed by atoms with E-state index in [1.807, 2.05) is 25.5 Å². The number of carbonyl (C=O) groups is 1. The normalized spacial score (nSPS) is 13.6. The third kappa shape index (κ3) is 4.22. The molecule has 1 aliphatic carbocycles. The molecule has 0 spiro atoms. The van der Waals surface area contributed by atoms with Gasteiger partial charge in [0.15, 0.2) is 5.11 Å². The average Bonchev–Trinajstić information content (AvgIpc) is 3.01. The zero-order valence-electron chi connectivity index (χ0n) is 17.0. The summed E-state index contributed by atoms with van der Waals surface area (Å²) in [5.74, 6) is -0.265. The number of hydrogen-bond donors (Lipinski definition) is 2. The van der Waals surface area contributed by atoms with Crippen LogP contribution in [0, 0.1) is 13.8 Å². The fraction of sp³-hybridized carbons (Fsp3) is 0.550. The number of aryl methyl sites for hydroxylation is 3. The Morgan fingerprint density at radius 1 is 1.21 bits per heavy atom. The molecule has 0 fully saturated rings. The van der Waals surface area contributed by atoms with Gasteiger partial charge in [0, 0.05) is 11.4 Å². The van der Waals surface area contributed by atoms with Crippen LogP contribution in [0.15, 0.2) is 0 Å². The van der Waals surface area contributed by atoms with Crippen LogP contribution in [0.4, 0.5) is 10.7 Å². The Labute approximate surface area is 175 Å². The van der Waals surface area contributed by atoms with Crippen molar-refractivity contribution in [1.82, 2.24) is 9.78 Å². The molecule has 2 aromatic heterocycles. The largest absolute Gasteiger partial charge is 0.462 e. The number of nitrogens with one attached hydrogen (secondary N) is 2. The molecule has 0 unspecified atom stereocenters. The lowest BCUT2D eigenvalue weighted by Crippen LogP contribution is -2.21. The summed E-state index contributed by atoms with van der Waals surface area (Å²) < 4.78 is 7.28. The molecule has 0 atom stereocenters. The van der Waals surface area contributed by atoms with E-state index in [9.17, 15) is 4.79 Å². The maximum absolute atomic E-state index is 12.7. The molecule has 2 heterocycles. The zero-order chi connectivity index (χ0) is 20.3. The second kappa shape index (κ2) is 9.05. The van der Waals surface area contributed by atoms with Crippen molar-refractivity contribution in [3.8, 4) is 0 Å². The summed E-state index contributed by atoms with van der Waals surface area (Å²) in [5.41, 5.74) is 4.64. The molecule has 0 bridgehead atoms. The highest BCUT2D eigenvalue weighted by Gasteiger charge is 2.26. The number of thiophene rings is 1. The lowest BCUT2D eigenvalue weighted by Gasteiger charge is -2.12. The number of nitrogens with zero attached hydrogens (tertiary/aromatic N) is 2. The fourth-order valence-corrected chi connectivity index (χ4v) is 5.23. The number of aromatic nitrogens is 2. The highest BCUT2D eigenvalue weighted by molar-refractivity contribution is 7.80. The van der Waals surface area contributed by atoms with E-state index in [4.69, 9.17) is 17.0 Å². The van der Waals surface area contributed by atoms with E-state index >= 15 is 0 Å². The predicted molar refractivity (Wildman–Crippen MR) is 119 cm³/mol. The SMILES string of the molecule is CCOC(=O)c1c(NC(=S)Nc2c(C)nn(CC)c2C)sc2c1CCCCC2. The number of ether oxygens (including phenoxy) is 1. The van der Waals surface area contributed by atoms with Crippen molar-refractivity contribution >= 4 is 45.3 Å². The van der Waals surface area contributed by atoms with Gasteiger partial charge in [-0.3, -0.25) is 4.68 Å². The first kappa shape index (κ1) is 20.8. The molecule has 2 aromatic rings. The van der Waals surface area contributed by atoms with Gasteiger partial charge in [0.1, 0.15) is 5.00 Å². The Bertz CT molecular complexity index is 885. The number of hydrogen-bond acceptors (Lipinski definition) is 5. The van der Waals surface area contributed by atoms with E-state index in [1.54, 1.807) is 11.3 Å². The molecule has 3 rings (SSSR count). The molecule has 2 N–H and O–H groups in total. The standard InChI is InChI=1S/C20H28N4O2S2/c1-5-24-13(4)17(12(3)23-24)21-20(27)22-18-16(19(25)26-6-2)14-10-8-7-9-11-15(14)28-18/h5-11H2,1-4H3,(H2,21,22,27). The number of anilines is 2. The Morgan fingerprint density at radius 2 is 1.96 bits per heavy atom. The van der Waals surface area contributed by atoms with E-state index in [-0.39, 0.29) is 5.97 Å². The quantitative estimate of drug-likeness (QED) is 0.410. The zero-order valence-corrected chi connectivity index (χ0v) is 18.6. The molecule has 1 aliphatic rings. The van der Waals surface area contributed by atoms with Crippen LogP contribution in [0.5, 0.6) is 0 Å². The van der Waals surface area contributed by atoms with Gasteiger partial charge in [-0.2, -0.15) is 5.10 Å². The van der Waals surface area contributed by atoms with E-state index in [1.165, 1.54) is 11.3 Å². The van der Waals surface area contributed by atoms with Crippen molar-refractivity contribution < 1.29 is 9.53 Å². The van der Waals surface area contributed by atoms with Crippen molar-refractivity contribution in [1.29, 1.82) is 0 Å². The fourth-order valence-electron chi connectivity index (χ4n) is 3.68. The van der Waals surface area contributed by atoms with E-state index in [2.05, 4.69) is 22.7 Å². The van der Waals surface area contributed by atoms with Crippen LogP contribution in [-0.2, 0) is 24.1 Å². The lowest BCUT2D eigenvalue weighted by molar-refractivity contribution is 0.0527. The molecule has 0 saturated heterocycles. The second-order valence-corrected chi connectivity index (χ2v) is 8.44. The number of rotatable bonds is 5. The summed E-state index contributed by atoms with van der Waals surface area (Å²) in [6.07, 6.45) is 5.39. The first-order valence-electron chi connectivity index (χ1n) is 9.89. The van der Waals surface area contributed by atoms with Gasteiger partial charge >= 0.3 is 5.97 Å². The highest BCUT2D eigenvalue weighted by Crippen LogP contribution is 2.38. The molecule has 0 amide bonds. The van der Waals surface area contributed by atoms with Crippen LogP contribution in [0.3, 0.4) is 0 Å². The summed E-state index contributed by atoms with van der Waals surface area (Å²) in [7, 11) is 0. The van der Waals surface area contributed by atoms with Crippen LogP contribution in [-0.4, -0.2) is 27.5 Å². The van der Waals surface area contributed by atoms with E-state index < -0.39 is 0 Å². The Hall–Kier alpha value is -1.93. The molecule has 6 nitrogen and oxygen atoms in total. The highest BCUT2D eigenvalue weighted by atomic mass is 32.1. The second-order valence-electron chi connectivity index (χ2n) is 6.93. The summed E-state index contributed by atoms with van der Waals surface area (Å²) in [4.78, 5) is 13.9. The van der Waals surface area contributed by atoms with Crippen molar-refractivity contribution in [3.05, 3.63) is 27.4 Å². The van der Waals surface area contributed by atoms with Gasteiger partial charge in [0.05, 0.1) is 29.2 Å². The summed E-state index contributed by atoms with van der Waals surface area (Å²) in [5, 5.41) is 12.3. The molecule has 0 radical (unpaired) electrons. The average molecular weight is 421 g/mol. The number of thiocarbonyl (C=S) groups is 1. The van der Waals surface area contributed by atoms with Crippen molar-refractivity contribution in [3.63, 3.8) is 0 Å². The lowest BCUT2D eigenvalue weighted by atomic mass is 10.1. The molecule has 0 saturated carbocycles. The monoisotopic (exact) mass is 420 g/mol. The molecule has 0 aromatic carbocycles. The van der Waals surface area contributed by atoms with Crippen molar-refractivity contribution in [2.24, 2.45) is 0 Å². The van der Waals surface area contributed by atoms with Crippen molar-refractivity contribution in [2.45, 2.75) is 66.3 Å². The Balaban J connectivity index is 1.86. The van der Waals surface area contributed by atoms with Crippen LogP contribution in [0.25, 0.3) is 0 Å². The molecular formula is C20H28N4O2S2. The maximum atomic E-state index is 12.7. The first-order chi connectivity index (χ1) is 13.5. The van der Waals surface area contributed by atoms with Gasteiger partial charge in [-0.1, -0.05) is 6.42 Å². The third-order valence-electron chi connectivity index (χ3n) is 5.05. The van der Waals surface area contributed by atoms with Crippen molar-refractivity contribution in [2.75, 3.05) is 17.2 Å². The Kier molecular flexibility index (Phi) is 6.72. The summed E-state index contributed by atoms with van der Waals surface area (Å²) >= 11 is 7.18. The first-order valence-corrected chi connectivity index (χ1v) is 11.1. The third-order valence-corrected chi connectivity index (χ3v) is 6.46. The maximum Gasteiger partial charge on any atom is 0.341 e. The smallest absolute Gasteiger partial charge is 0.341 e. The topological polar surface area (TPSA) is 68.2 Å². The van der Waals surface area contributed by atoms with E-state index in [0.29, 0.717) is 17.3 Å². The van der Waals surface area contributed by atoms with Gasteiger partial charge in [-0.05, 0) is 71.2 Å². The molecule has 0 aliphatic heterocycles. The van der Waals surface area contributed by atoms with Gasteiger partial charge in [-0.15, -0.1) is 11.3 Å². The van der Waals surface area contributed by atoms with Gasteiger partial charge in [0.2, 0.25) is 0 Å². The number of carbonyl (C=O) groups excluding carboxylic acids is 1. The van der Waals surface area contributed by atoms with Gasteiger partial charge in [0.25, 0.3) is 0 Å². The minimum atomic E-state index is -0.265. The van der Waals surface area contributed by atoms with Crippen LogP contribution < -0.4 is 10.6 Å². The number of fused-ring (bicyclic) bond motifs is 1. The molecule has 28 heavy (non-hydrogen) atoms. The van der Waals surface area contributed by atoms with Crippen LogP contribution >= 0.6 is 23.6 Å². The minimum Gasteiger partial charge on any atom is -0.462 e. The minimum absolute atomic E-state index is 0.265. The van der Waals surface area contributed by atoms with E-state index in [0.717, 1.165) is 59.9 Å². The Morgan fingerprint density at radius 3 is 2.64 bits per heavy atom. The van der Waals surface area contributed by atoms with Gasteiger partial charge < -0.3 is 15.4 Å². The van der Waals surface area contributed by atoms with Crippen LogP contribution in [0.1, 0.15) is 65.3 Å². The number of esters is 1. The molecular weight excluding hydrogens is 392 g/mol. The molecule has 152 valence electrons.